The topological polar surface area (TPSA) is 78.9 Å². The van der Waals surface area contributed by atoms with Crippen molar-refractivity contribution in [3.63, 3.8) is 0 Å². The molecule has 0 N–H and O–H groups in total. The van der Waals surface area contributed by atoms with E-state index in [1.54, 1.807) is 0 Å². The number of rotatable bonds is 59. The first-order valence-corrected chi connectivity index (χ1v) is 32.4. The highest BCUT2D eigenvalue weighted by Gasteiger charge is 2.19. The second kappa shape index (κ2) is 63.4. The number of carbonyl (C=O) groups is 3. The normalized spacial score (nSPS) is 12.5. The van der Waals surface area contributed by atoms with Crippen LogP contribution in [0.25, 0.3) is 0 Å². The largest absolute Gasteiger partial charge is 0.462 e. The Morgan fingerprint density at radius 2 is 0.520 bits per heavy atom. The second-order valence-electron chi connectivity index (χ2n) is 21.6. The Balaban J connectivity index is 4.35. The van der Waals surface area contributed by atoms with E-state index in [4.69, 9.17) is 14.2 Å². The first-order valence-electron chi connectivity index (χ1n) is 32.4. The van der Waals surface area contributed by atoms with E-state index >= 15 is 0 Å². The number of hydrogen-bond donors (Lipinski definition) is 0. The third kappa shape index (κ3) is 61.6. The molecule has 434 valence electrons. The standard InChI is InChI=1S/C69H122O6/c1-4-7-10-13-16-19-22-25-28-31-32-33-34-35-36-39-41-44-47-50-53-56-59-62-68(71)74-65-66(75-69(72)63-60-57-54-51-48-45-42-38-30-27-24-21-18-15-12-9-6-3)64-73-67(70)61-58-55-52-49-46-43-40-37-29-26-23-20-17-14-11-8-5-2/h9,12,17-18,20-21,26-27,29-30,42,45,66H,4-8,10-11,13-16,19,22-25,28,31-41,43-44,46-65H2,1-3H3/b12-9-,20-17-,21-18-,29-26-,30-27-,45-42-. The Morgan fingerprint density at radius 1 is 0.280 bits per heavy atom. The minimum atomic E-state index is -0.792. The minimum Gasteiger partial charge on any atom is -0.462 e. The zero-order valence-corrected chi connectivity index (χ0v) is 49.8. The molecular formula is C69H122O6. The summed E-state index contributed by atoms with van der Waals surface area (Å²) in [6.45, 7) is 6.52. The van der Waals surface area contributed by atoms with Crippen LogP contribution in [0.1, 0.15) is 329 Å². The summed E-state index contributed by atoms with van der Waals surface area (Å²) in [6, 6.07) is 0. The number of ether oxygens (including phenoxy) is 3. The number of allylic oxidation sites excluding steroid dienone is 12. The van der Waals surface area contributed by atoms with E-state index in [1.807, 2.05) is 0 Å². The maximum Gasteiger partial charge on any atom is 0.306 e. The molecule has 0 aliphatic rings. The van der Waals surface area contributed by atoms with Crippen LogP contribution in [0.4, 0.5) is 0 Å². The van der Waals surface area contributed by atoms with Crippen molar-refractivity contribution in [3.05, 3.63) is 72.9 Å². The maximum absolute atomic E-state index is 12.9. The van der Waals surface area contributed by atoms with Gasteiger partial charge in [-0.1, -0.05) is 293 Å². The number of carbonyl (C=O) groups excluding carboxylic acids is 3. The van der Waals surface area contributed by atoms with Crippen LogP contribution >= 0.6 is 0 Å². The van der Waals surface area contributed by atoms with Crippen LogP contribution in [-0.4, -0.2) is 37.2 Å². The molecule has 75 heavy (non-hydrogen) atoms. The number of unbranched alkanes of at least 4 members (excludes halogenated alkanes) is 36. The quantitative estimate of drug-likeness (QED) is 0.0261. The summed E-state index contributed by atoms with van der Waals surface area (Å²) >= 11 is 0. The van der Waals surface area contributed by atoms with Gasteiger partial charge in [0.25, 0.3) is 0 Å². The van der Waals surface area contributed by atoms with Crippen molar-refractivity contribution >= 4 is 17.9 Å². The Kier molecular flexibility index (Phi) is 60.7. The Hall–Kier alpha value is -3.15. The van der Waals surface area contributed by atoms with Gasteiger partial charge in [0.2, 0.25) is 0 Å². The Morgan fingerprint density at radius 3 is 0.840 bits per heavy atom. The molecule has 0 heterocycles. The van der Waals surface area contributed by atoms with Crippen molar-refractivity contribution in [2.45, 2.75) is 335 Å². The van der Waals surface area contributed by atoms with E-state index in [2.05, 4.69) is 93.7 Å². The molecule has 0 aromatic carbocycles. The van der Waals surface area contributed by atoms with Crippen molar-refractivity contribution < 1.29 is 28.6 Å². The molecule has 0 radical (unpaired) electrons. The van der Waals surface area contributed by atoms with Crippen LogP contribution in [0.15, 0.2) is 72.9 Å². The molecule has 0 aliphatic heterocycles. The fourth-order valence-electron chi connectivity index (χ4n) is 9.35. The van der Waals surface area contributed by atoms with Crippen LogP contribution in [0, 0.1) is 0 Å². The third-order valence-corrected chi connectivity index (χ3v) is 14.2. The van der Waals surface area contributed by atoms with Crippen molar-refractivity contribution in [1.29, 1.82) is 0 Å². The lowest BCUT2D eigenvalue weighted by atomic mass is 10.0. The first kappa shape index (κ1) is 71.8. The fraction of sp³-hybridized carbons (Fsp3) is 0.783. The Labute approximate surface area is 465 Å². The van der Waals surface area contributed by atoms with Gasteiger partial charge in [-0.3, -0.25) is 14.4 Å². The zero-order chi connectivity index (χ0) is 54.3. The second-order valence-corrected chi connectivity index (χ2v) is 21.6. The average Bonchev–Trinajstić information content (AvgIpc) is 3.41. The zero-order valence-electron chi connectivity index (χ0n) is 49.8. The summed E-state index contributed by atoms with van der Waals surface area (Å²) in [7, 11) is 0. The monoisotopic (exact) mass is 1050 g/mol. The van der Waals surface area contributed by atoms with Gasteiger partial charge in [-0.2, -0.15) is 0 Å². The SMILES string of the molecule is CC/C=C\C/C=C\C/C=C\C/C=C\CCCCCCC(=O)OC(COC(=O)CCCCCCCCC/C=C\C/C=C\CCCCC)COC(=O)CCCCCCCCCCCCCCCCCCCCCCCCC. The fourth-order valence-corrected chi connectivity index (χ4v) is 9.35. The third-order valence-electron chi connectivity index (χ3n) is 14.2. The van der Waals surface area contributed by atoms with Crippen LogP contribution in [-0.2, 0) is 28.6 Å². The predicted molar refractivity (Wildman–Crippen MR) is 325 cm³/mol. The molecular weight excluding hydrogens is 925 g/mol. The Bertz CT molecular complexity index is 1390. The maximum atomic E-state index is 12.9. The average molecular weight is 1050 g/mol. The van der Waals surface area contributed by atoms with E-state index in [0.29, 0.717) is 19.3 Å². The minimum absolute atomic E-state index is 0.0853. The highest BCUT2D eigenvalue weighted by molar-refractivity contribution is 5.71. The number of hydrogen-bond acceptors (Lipinski definition) is 6. The smallest absolute Gasteiger partial charge is 0.306 e. The molecule has 0 fully saturated rings. The van der Waals surface area contributed by atoms with Crippen molar-refractivity contribution in [3.8, 4) is 0 Å². The summed E-state index contributed by atoms with van der Waals surface area (Å²) < 4.78 is 16.9. The van der Waals surface area contributed by atoms with Gasteiger partial charge in [-0.15, -0.1) is 0 Å². The lowest BCUT2D eigenvalue weighted by Crippen LogP contribution is -2.30. The molecule has 1 unspecified atom stereocenters. The molecule has 0 rings (SSSR count). The van der Waals surface area contributed by atoms with Gasteiger partial charge in [0.05, 0.1) is 0 Å². The summed E-state index contributed by atoms with van der Waals surface area (Å²) in [6.07, 6.45) is 82.0. The molecule has 6 nitrogen and oxygen atoms in total. The highest BCUT2D eigenvalue weighted by Crippen LogP contribution is 2.17. The van der Waals surface area contributed by atoms with Gasteiger partial charge in [0.1, 0.15) is 13.2 Å². The molecule has 0 saturated carbocycles. The summed E-state index contributed by atoms with van der Waals surface area (Å²) in [4.78, 5) is 38.3. The lowest BCUT2D eigenvalue weighted by molar-refractivity contribution is -0.167. The van der Waals surface area contributed by atoms with E-state index in [-0.39, 0.29) is 31.1 Å². The van der Waals surface area contributed by atoms with Gasteiger partial charge in [-0.25, -0.2) is 0 Å². The van der Waals surface area contributed by atoms with E-state index in [0.717, 1.165) is 109 Å². The van der Waals surface area contributed by atoms with Crippen LogP contribution in [0.5, 0.6) is 0 Å². The molecule has 0 aliphatic carbocycles. The summed E-state index contributed by atoms with van der Waals surface area (Å²) in [5.41, 5.74) is 0. The predicted octanol–water partition coefficient (Wildman–Crippen LogP) is 22.1. The van der Waals surface area contributed by atoms with Crippen LogP contribution < -0.4 is 0 Å². The van der Waals surface area contributed by atoms with E-state index < -0.39 is 6.10 Å². The lowest BCUT2D eigenvalue weighted by Gasteiger charge is -2.18. The van der Waals surface area contributed by atoms with E-state index in [1.165, 1.54) is 180 Å². The molecule has 6 heteroatoms. The van der Waals surface area contributed by atoms with Crippen molar-refractivity contribution in [2.75, 3.05) is 13.2 Å². The van der Waals surface area contributed by atoms with Gasteiger partial charge in [0, 0.05) is 19.3 Å². The van der Waals surface area contributed by atoms with Crippen molar-refractivity contribution in [2.24, 2.45) is 0 Å². The summed E-state index contributed by atoms with van der Waals surface area (Å²) in [5.74, 6) is -0.901. The summed E-state index contributed by atoms with van der Waals surface area (Å²) in [5, 5.41) is 0. The van der Waals surface area contributed by atoms with E-state index in [9.17, 15) is 14.4 Å². The first-order chi connectivity index (χ1) is 37.0. The van der Waals surface area contributed by atoms with Gasteiger partial charge >= 0.3 is 17.9 Å². The number of esters is 3. The molecule has 1 atom stereocenters. The van der Waals surface area contributed by atoms with Gasteiger partial charge < -0.3 is 14.2 Å². The van der Waals surface area contributed by atoms with Gasteiger partial charge in [-0.05, 0) is 89.9 Å². The molecule has 0 aromatic rings. The van der Waals surface area contributed by atoms with Crippen LogP contribution in [0.3, 0.4) is 0 Å². The molecule has 0 amide bonds. The molecule has 0 aromatic heterocycles. The van der Waals surface area contributed by atoms with Crippen LogP contribution in [0.2, 0.25) is 0 Å². The molecule has 0 spiro atoms. The molecule has 0 bridgehead atoms. The highest BCUT2D eigenvalue weighted by atomic mass is 16.6. The van der Waals surface area contributed by atoms with Gasteiger partial charge in [0.15, 0.2) is 6.10 Å². The molecule has 0 saturated heterocycles. The van der Waals surface area contributed by atoms with Crippen molar-refractivity contribution in [1.82, 2.24) is 0 Å².